The highest BCUT2D eigenvalue weighted by atomic mass is 31.3. The Bertz CT molecular complexity index is 840. The maximum absolute atomic E-state index is 12.6. The van der Waals surface area contributed by atoms with Crippen LogP contribution in [0.5, 0.6) is 0 Å². The second-order valence-electron chi connectivity index (χ2n) is 9.76. The molecule has 0 spiro atoms. The van der Waals surface area contributed by atoms with Gasteiger partial charge in [-0.15, -0.1) is 0 Å². The summed E-state index contributed by atoms with van der Waals surface area (Å²) in [7, 11) is -19.5. The van der Waals surface area contributed by atoms with Crippen molar-refractivity contribution in [2.75, 3.05) is 73.9 Å². The highest BCUT2D eigenvalue weighted by molar-refractivity contribution is 7.75. The average Bonchev–Trinajstić information content (AvgIpc) is 3.04. The number of hydrogen-bond acceptors (Lipinski definition) is 12. The molecule has 0 saturated carbocycles. The average molecular weight is 785 g/mol. The number of hydrogen-bond donors (Lipinski definition) is 0. The minimum atomic E-state index is -3.00. The molecule has 0 fully saturated rings. The van der Waals surface area contributed by atoms with E-state index < -0.39 is 68.0 Å². The van der Waals surface area contributed by atoms with Crippen molar-refractivity contribution in [1.82, 2.24) is 0 Å². The van der Waals surface area contributed by atoms with Crippen molar-refractivity contribution in [2.24, 2.45) is 0 Å². The summed E-state index contributed by atoms with van der Waals surface area (Å²) in [5.74, 6) is 0. The van der Waals surface area contributed by atoms with Crippen molar-refractivity contribution < 1.29 is 51.0 Å². The Morgan fingerprint density at radius 2 is 0.500 bits per heavy atom. The molecule has 0 bridgehead atoms. The van der Waals surface area contributed by atoms with Gasteiger partial charge in [0.2, 0.25) is 22.1 Å². The van der Waals surface area contributed by atoms with Gasteiger partial charge in [0.25, 0.3) is 0 Å². The van der Waals surface area contributed by atoms with E-state index in [2.05, 4.69) is 0 Å². The summed E-state index contributed by atoms with van der Waals surface area (Å²) >= 11 is -3.00. The van der Waals surface area contributed by atoms with Gasteiger partial charge in [-0.1, -0.05) is 83.1 Å². The van der Waals surface area contributed by atoms with Crippen LogP contribution in [0.15, 0.2) is 0 Å². The molecule has 20 heteroatoms. The van der Waals surface area contributed by atoms with Gasteiger partial charge in [0.15, 0.2) is 22.1 Å². The molecule has 0 aliphatic heterocycles. The van der Waals surface area contributed by atoms with Crippen LogP contribution >= 0.6 is 52.8 Å². The third kappa shape index (κ3) is 17.7. The standard InChI is InChI=1S/C12H30O6P4.3C4H11O2P.Al/c1-7-20(13,8-2)16-19(17-21(14,9-3)10-4)18-22(15,11-5)12-6;3*1-3-7(5,6)4-2;/h7-12H2,1-6H3;3*3-4H2,1-2H3,(H,5,6);/q;;;;+3/p-3. The van der Waals surface area contributed by atoms with E-state index in [4.69, 9.17) is 23.7 Å². The molecule has 0 heterocycles. The van der Waals surface area contributed by atoms with Crippen molar-refractivity contribution in [3.8, 4) is 0 Å². The molecule has 0 aromatic carbocycles. The second kappa shape index (κ2) is 22.7. The van der Waals surface area contributed by atoms with Crippen LogP contribution in [0.3, 0.4) is 0 Å². The Morgan fingerprint density at radius 3 is 0.636 bits per heavy atom. The lowest BCUT2D eigenvalue weighted by Gasteiger charge is -2.27. The third-order valence-corrected chi connectivity index (χ3v) is 30.7. The molecule has 0 aromatic rings. The van der Waals surface area contributed by atoms with E-state index in [1.54, 1.807) is 83.1 Å². The highest BCUT2D eigenvalue weighted by Crippen LogP contribution is 2.72. The van der Waals surface area contributed by atoms with Crippen molar-refractivity contribution >= 4 is 68.0 Å². The molecule has 0 unspecified atom stereocenters. The minimum absolute atomic E-state index is 0.333. The molecular weight excluding hydrogens is 724 g/mol. The van der Waals surface area contributed by atoms with Gasteiger partial charge in [-0.25, -0.2) is 0 Å². The zero-order valence-electron chi connectivity index (χ0n) is 29.1. The summed E-state index contributed by atoms with van der Waals surface area (Å²) in [6.45, 7) is 21.2. The first-order chi connectivity index (χ1) is 20.3. The van der Waals surface area contributed by atoms with Crippen LogP contribution in [0.2, 0.25) is 0 Å². The lowest BCUT2D eigenvalue weighted by atomic mass is 11.0. The summed E-state index contributed by atoms with van der Waals surface area (Å²) in [6, 6.07) is 0. The van der Waals surface area contributed by atoms with Crippen LogP contribution in [0.1, 0.15) is 83.1 Å². The fraction of sp³-hybridized carbons (Fsp3) is 1.00. The summed E-state index contributed by atoms with van der Waals surface area (Å²) in [5.41, 5.74) is 0. The van der Waals surface area contributed by atoms with Gasteiger partial charge in [-0.05, 0) is 0 Å². The Hall–Kier alpha value is 2.10. The monoisotopic (exact) mass is 784 g/mol. The van der Waals surface area contributed by atoms with Crippen LogP contribution in [0, 0.1) is 0 Å². The molecule has 0 amide bonds. The van der Waals surface area contributed by atoms with Gasteiger partial charge in [-0.3, -0.25) is 40.3 Å². The molecule has 0 aliphatic carbocycles. The van der Waals surface area contributed by atoms with Gasteiger partial charge in [0, 0.05) is 73.9 Å². The summed E-state index contributed by atoms with van der Waals surface area (Å²) in [4.78, 5) is 0. The fourth-order valence-electron chi connectivity index (χ4n) is 3.07. The second-order valence-corrected chi connectivity index (χ2v) is 32.6. The molecule has 266 valence electrons. The van der Waals surface area contributed by atoms with Crippen LogP contribution in [-0.2, 0) is 51.0 Å². The first-order valence-corrected chi connectivity index (χ1v) is 30.2. The predicted molar refractivity (Wildman–Crippen MR) is 191 cm³/mol. The quantitative estimate of drug-likeness (QED) is 0.0674. The zero-order chi connectivity index (χ0) is 34.9. The van der Waals surface area contributed by atoms with Crippen molar-refractivity contribution in [2.45, 2.75) is 83.1 Å². The maximum Gasteiger partial charge on any atom is 0.921 e. The topological polar surface area (TPSA) is 158 Å². The van der Waals surface area contributed by atoms with E-state index in [-0.39, 0.29) is 0 Å². The molecule has 0 atom stereocenters. The molecule has 44 heavy (non-hydrogen) atoms. The largest absolute Gasteiger partial charge is 0.921 e. The highest BCUT2D eigenvalue weighted by Gasteiger charge is 2.47. The smallest absolute Gasteiger partial charge is 0.405 e. The molecule has 0 saturated heterocycles. The van der Waals surface area contributed by atoms with E-state index in [1.165, 1.54) is 0 Å². The lowest BCUT2D eigenvalue weighted by Crippen LogP contribution is -2.26. The predicted octanol–water partition coefficient (Wildman–Crippen LogP) is 11.2. The van der Waals surface area contributed by atoms with Gasteiger partial charge in [-0.2, -0.15) is 0 Å². The summed E-state index contributed by atoms with van der Waals surface area (Å²) in [5, 5.41) is 0. The van der Waals surface area contributed by atoms with Crippen LogP contribution in [0.4, 0.5) is 0 Å². The van der Waals surface area contributed by atoms with Crippen molar-refractivity contribution in [3.63, 3.8) is 0 Å². The van der Waals surface area contributed by atoms with E-state index in [0.717, 1.165) is 0 Å². The summed E-state index contributed by atoms with van der Waals surface area (Å²) < 4.78 is 109. The lowest BCUT2D eigenvalue weighted by molar-refractivity contribution is 0.306. The number of rotatable bonds is 24. The SMILES string of the molecule is CCP(=O)(CC)OP(OP(=O)(CC)CC)OP(=O)(CC)CC.CCP(=O)(CC)[O][Al]([O]P(=O)(CC)CC)[O]P(=O)(CC)CC. The Morgan fingerprint density at radius 1 is 0.341 bits per heavy atom. The molecule has 0 radical (unpaired) electrons. The van der Waals surface area contributed by atoms with E-state index in [9.17, 15) is 27.4 Å². The van der Waals surface area contributed by atoms with E-state index in [0.29, 0.717) is 73.9 Å². The fourth-order valence-corrected chi connectivity index (χ4v) is 21.4. The molecule has 0 aliphatic rings. The van der Waals surface area contributed by atoms with Gasteiger partial charge in [0.05, 0.1) is 0 Å². The van der Waals surface area contributed by atoms with Crippen molar-refractivity contribution in [3.05, 3.63) is 0 Å². The molecular formula is C24H60AlO12P7. The van der Waals surface area contributed by atoms with Crippen LogP contribution < -0.4 is 0 Å². The Kier molecular flexibility index (Phi) is 24.9. The zero-order valence-corrected chi connectivity index (χ0v) is 36.5. The minimum Gasteiger partial charge on any atom is -0.405 e. The first-order valence-electron chi connectivity index (χ1n) is 15.7. The maximum atomic E-state index is 12.6. The molecule has 0 N–H and O–H groups in total. The first kappa shape index (κ1) is 48.2. The van der Waals surface area contributed by atoms with Gasteiger partial charge in [0.1, 0.15) is 0 Å². The molecule has 12 nitrogen and oxygen atoms in total. The normalized spacial score (nSPS) is 13.6. The van der Waals surface area contributed by atoms with Crippen LogP contribution in [-0.4, -0.2) is 89.1 Å². The van der Waals surface area contributed by atoms with Crippen LogP contribution in [0.25, 0.3) is 0 Å². The Balaban J connectivity index is 0. The van der Waals surface area contributed by atoms with E-state index >= 15 is 0 Å². The van der Waals surface area contributed by atoms with Gasteiger partial charge < -0.3 is 10.7 Å². The Labute approximate surface area is 275 Å². The summed E-state index contributed by atoms with van der Waals surface area (Å²) in [6.07, 6.45) is 4.11. The molecule has 0 rings (SSSR count). The third-order valence-electron chi connectivity index (χ3n) is 7.26. The van der Waals surface area contributed by atoms with Crippen molar-refractivity contribution in [1.29, 1.82) is 0 Å². The molecule has 0 aromatic heterocycles. The van der Waals surface area contributed by atoms with E-state index in [1.807, 2.05) is 0 Å². The van der Waals surface area contributed by atoms with Gasteiger partial charge >= 0.3 is 23.8 Å².